The van der Waals surface area contributed by atoms with Crippen molar-refractivity contribution in [3.8, 4) is 11.1 Å². The summed E-state index contributed by atoms with van der Waals surface area (Å²) in [7, 11) is 0. The fourth-order valence-corrected chi connectivity index (χ4v) is 2.04. The van der Waals surface area contributed by atoms with Gasteiger partial charge in [0.15, 0.2) is 0 Å². The number of morpholine rings is 1. The van der Waals surface area contributed by atoms with Gasteiger partial charge in [-0.25, -0.2) is 9.97 Å². The number of aromatic nitrogens is 3. The maximum atomic E-state index is 5.39. The second kappa shape index (κ2) is 5.81. The molecule has 1 aliphatic rings. The van der Waals surface area contributed by atoms with E-state index in [1.165, 1.54) is 0 Å². The van der Waals surface area contributed by atoms with Gasteiger partial charge in [0.2, 0.25) is 5.95 Å². The Kier molecular flexibility index (Phi) is 3.71. The molecule has 0 aromatic carbocycles. The first kappa shape index (κ1) is 12.1. The second-order valence-electron chi connectivity index (χ2n) is 4.50. The smallest absolute Gasteiger partial charge is 0.222 e. The van der Waals surface area contributed by atoms with Crippen molar-refractivity contribution in [2.24, 2.45) is 0 Å². The first-order chi connectivity index (χ1) is 9.42. The van der Waals surface area contributed by atoms with Gasteiger partial charge in [-0.2, -0.15) is 0 Å². The molecule has 0 spiro atoms. The molecule has 3 N–H and O–H groups in total. The second-order valence-corrected chi connectivity index (χ2v) is 4.50. The molecule has 1 fully saturated rings. The van der Waals surface area contributed by atoms with Crippen LogP contribution in [0.25, 0.3) is 11.1 Å². The van der Waals surface area contributed by atoms with Gasteiger partial charge in [-0.3, -0.25) is 0 Å². The third kappa shape index (κ3) is 3.10. The van der Waals surface area contributed by atoms with Crippen LogP contribution in [0, 0.1) is 0 Å². The minimum atomic E-state index is 0.321. The Hall–Kier alpha value is -1.92. The molecule has 0 radical (unpaired) electrons. The fraction of sp³-hybridized carbons (Fsp3) is 0.385. The van der Waals surface area contributed by atoms with Crippen LogP contribution in [0.4, 0.5) is 5.95 Å². The number of H-pyrrole nitrogens is 1. The summed E-state index contributed by atoms with van der Waals surface area (Å²) < 4.78 is 5.39. The largest absolute Gasteiger partial charge is 0.378 e. The highest BCUT2D eigenvalue weighted by atomic mass is 16.5. The van der Waals surface area contributed by atoms with Gasteiger partial charge >= 0.3 is 0 Å². The normalized spacial score (nSPS) is 19.3. The Balaban J connectivity index is 1.57. The molecule has 1 aliphatic heterocycles. The van der Waals surface area contributed by atoms with Crippen LogP contribution in [-0.4, -0.2) is 47.3 Å². The van der Waals surface area contributed by atoms with E-state index in [4.69, 9.17) is 4.74 Å². The number of rotatable bonds is 4. The molecule has 3 rings (SSSR count). The van der Waals surface area contributed by atoms with Gasteiger partial charge < -0.3 is 20.4 Å². The van der Waals surface area contributed by atoms with Crippen LogP contribution in [0.15, 0.2) is 30.9 Å². The van der Waals surface area contributed by atoms with Crippen molar-refractivity contribution < 1.29 is 4.74 Å². The van der Waals surface area contributed by atoms with E-state index in [2.05, 4.69) is 25.6 Å². The Labute approximate surface area is 111 Å². The lowest BCUT2D eigenvalue weighted by Crippen LogP contribution is -2.45. The molecule has 1 unspecified atom stereocenters. The summed E-state index contributed by atoms with van der Waals surface area (Å²) in [6.07, 6.45) is 7.46. The first-order valence-corrected chi connectivity index (χ1v) is 6.42. The van der Waals surface area contributed by atoms with Crippen molar-refractivity contribution in [2.75, 3.05) is 31.6 Å². The number of nitrogens with zero attached hydrogens (tertiary/aromatic N) is 2. The van der Waals surface area contributed by atoms with Gasteiger partial charge in [0.25, 0.3) is 0 Å². The van der Waals surface area contributed by atoms with Gasteiger partial charge in [-0.15, -0.1) is 0 Å². The molecule has 100 valence electrons. The molecule has 6 heteroatoms. The summed E-state index contributed by atoms with van der Waals surface area (Å²) in [6.45, 7) is 3.19. The zero-order valence-corrected chi connectivity index (χ0v) is 10.6. The summed E-state index contributed by atoms with van der Waals surface area (Å²) in [5, 5.41) is 6.59. The maximum absolute atomic E-state index is 5.39. The molecular formula is C13H17N5O. The predicted molar refractivity (Wildman–Crippen MR) is 72.9 cm³/mol. The minimum Gasteiger partial charge on any atom is -0.378 e. The predicted octanol–water partition coefficient (Wildman–Crippen LogP) is 0.872. The molecule has 6 nitrogen and oxygen atoms in total. The van der Waals surface area contributed by atoms with Crippen molar-refractivity contribution in [3.05, 3.63) is 30.9 Å². The molecule has 2 aromatic heterocycles. The van der Waals surface area contributed by atoms with Crippen molar-refractivity contribution in [1.29, 1.82) is 0 Å². The fourth-order valence-electron chi connectivity index (χ4n) is 2.04. The van der Waals surface area contributed by atoms with E-state index in [1.807, 2.05) is 30.9 Å². The lowest BCUT2D eigenvalue weighted by Gasteiger charge is -2.23. The number of anilines is 1. The molecule has 0 saturated carbocycles. The number of nitrogens with one attached hydrogen (secondary N) is 3. The summed E-state index contributed by atoms with van der Waals surface area (Å²) in [4.78, 5) is 11.6. The van der Waals surface area contributed by atoms with Crippen LogP contribution in [0.5, 0.6) is 0 Å². The standard InChI is InChI=1S/C13H17N5O/c1-2-14-5-10(1)11-6-16-13(17-7-11)18-8-12-9-19-4-3-15-12/h1-2,5-7,12,14-15H,3-4,8-9H2,(H,16,17,18). The molecule has 1 saturated heterocycles. The Morgan fingerprint density at radius 1 is 1.32 bits per heavy atom. The quantitative estimate of drug-likeness (QED) is 0.759. The first-order valence-electron chi connectivity index (χ1n) is 6.42. The topological polar surface area (TPSA) is 74.9 Å². The van der Waals surface area contributed by atoms with Gasteiger partial charge in [-0.05, 0) is 6.07 Å². The van der Waals surface area contributed by atoms with Gasteiger partial charge in [0.1, 0.15) is 0 Å². The Morgan fingerprint density at radius 3 is 2.89 bits per heavy atom. The molecule has 3 heterocycles. The molecule has 1 atom stereocenters. The van der Waals surface area contributed by atoms with E-state index >= 15 is 0 Å². The number of hydrogen-bond acceptors (Lipinski definition) is 5. The highest BCUT2D eigenvalue weighted by Crippen LogP contribution is 2.16. The van der Waals surface area contributed by atoms with Crippen LogP contribution >= 0.6 is 0 Å². The number of aromatic amines is 1. The van der Waals surface area contributed by atoms with Crippen LogP contribution in [0.3, 0.4) is 0 Å². The monoisotopic (exact) mass is 259 g/mol. The summed E-state index contributed by atoms with van der Waals surface area (Å²) in [5.74, 6) is 0.645. The van der Waals surface area contributed by atoms with Gasteiger partial charge in [0.05, 0.1) is 13.2 Å². The Bertz CT molecular complexity index is 490. The summed E-state index contributed by atoms with van der Waals surface area (Å²) in [6, 6.07) is 2.32. The van der Waals surface area contributed by atoms with Gasteiger partial charge in [-0.1, -0.05) is 0 Å². The minimum absolute atomic E-state index is 0.321. The van der Waals surface area contributed by atoms with E-state index in [-0.39, 0.29) is 0 Å². The summed E-state index contributed by atoms with van der Waals surface area (Å²) in [5.41, 5.74) is 2.10. The van der Waals surface area contributed by atoms with Gasteiger partial charge in [0, 0.05) is 55.0 Å². The number of hydrogen-bond donors (Lipinski definition) is 3. The van der Waals surface area contributed by atoms with E-state index in [0.717, 1.165) is 37.4 Å². The van der Waals surface area contributed by atoms with E-state index < -0.39 is 0 Å². The van der Waals surface area contributed by atoms with Crippen LogP contribution in [0.1, 0.15) is 0 Å². The average molecular weight is 259 g/mol. The zero-order chi connectivity index (χ0) is 12.9. The van der Waals surface area contributed by atoms with Crippen molar-refractivity contribution in [1.82, 2.24) is 20.3 Å². The Morgan fingerprint density at radius 2 is 2.21 bits per heavy atom. The molecule has 0 aliphatic carbocycles. The van der Waals surface area contributed by atoms with Crippen LogP contribution in [0.2, 0.25) is 0 Å². The van der Waals surface area contributed by atoms with E-state index in [1.54, 1.807) is 0 Å². The number of ether oxygens (including phenoxy) is 1. The van der Waals surface area contributed by atoms with E-state index in [0.29, 0.717) is 12.0 Å². The SMILES string of the molecule is c1cc(-c2cnc(NCC3COCCN3)nc2)c[nH]1. The maximum Gasteiger partial charge on any atom is 0.222 e. The molecule has 0 bridgehead atoms. The van der Waals surface area contributed by atoms with Crippen molar-refractivity contribution in [2.45, 2.75) is 6.04 Å². The molecule has 0 amide bonds. The third-order valence-corrected chi connectivity index (χ3v) is 3.09. The van der Waals surface area contributed by atoms with Crippen LogP contribution < -0.4 is 10.6 Å². The molecular weight excluding hydrogens is 242 g/mol. The lowest BCUT2D eigenvalue weighted by molar-refractivity contribution is 0.0806. The molecule has 2 aromatic rings. The van der Waals surface area contributed by atoms with Crippen molar-refractivity contribution >= 4 is 5.95 Å². The highest BCUT2D eigenvalue weighted by molar-refractivity contribution is 5.60. The van der Waals surface area contributed by atoms with Crippen molar-refractivity contribution in [3.63, 3.8) is 0 Å². The highest BCUT2D eigenvalue weighted by Gasteiger charge is 2.12. The third-order valence-electron chi connectivity index (χ3n) is 3.09. The zero-order valence-electron chi connectivity index (χ0n) is 10.6. The van der Waals surface area contributed by atoms with E-state index in [9.17, 15) is 0 Å². The lowest BCUT2D eigenvalue weighted by atomic mass is 10.2. The summed E-state index contributed by atoms with van der Waals surface area (Å²) >= 11 is 0. The van der Waals surface area contributed by atoms with Crippen LogP contribution in [-0.2, 0) is 4.74 Å². The molecule has 19 heavy (non-hydrogen) atoms. The average Bonchev–Trinajstić information content (AvgIpc) is 3.01.